The minimum Gasteiger partial charge on any atom is -0.440 e. The van der Waals surface area contributed by atoms with Gasteiger partial charge in [-0.05, 0) is 26.0 Å². The van der Waals surface area contributed by atoms with Gasteiger partial charge in [0.2, 0.25) is 0 Å². The molecule has 1 atom stereocenters. The van der Waals surface area contributed by atoms with Gasteiger partial charge >= 0.3 is 16.1 Å². The molecule has 0 saturated heterocycles. The van der Waals surface area contributed by atoms with Gasteiger partial charge in [0.25, 0.3) is 5.91 Å². The highest BCUT2D eigenvalue weighted by atomic mass is 32.2. The molecule has 0 aliphatic rings. The zero-order valence-electron chi connectivity index (χ0n) is 13.5. The Morgan fingerprint density at radius 2 is 1.83 bits per heavy atom. The number of benzene rings is 1. The number of nitrogens with zero attached hydrogens (tertiary/aromatic N) is 3. The molecule has 0 spiro atoms. The average molecular weight is 358 g/mol. The number of alkyl halides is 2. The number of aromatic nitrogens is 2. The Bertz CT molecular complexity index is 680. The molecule has 1 heterocycles. The van der Waals surface area contributed by atoms with Crippen LogP contribution in [-0.4, -0.2) is 35.9 Å². The lowest BCUT2D eigenvalue weighted by molar-refractivity contribution is -0.120. The predicted molar refractivity (Wildman–Crippen MR) is 86.9 cm³/mol. The molecular weight excluding hydrogens is 340 g/mol. The van der Waals surface area contributed by atoms with E-state index in [9.17, 15) is 13.6 Å². The van der Waals surface area contributed by atoms with Gasteiger partial charge in [0.1, 0.15) is 0 Å². The van der Waals surface area contributed by atoms with E-state index in [1.54, 1.807) is 12.1 Å². The van der Waals surface area contributed by atoms with Crippen molar-refractivity contribution in [2.45, 2.75) is 25.6 Å². The minimum atomic E-state index is -2.75. The van der Waals surface area contributed by atoms with E-state index in [4.69, 9.17) is 9.47 Å². The Labute approximate surface area is 141 Å². The van der Waals surface area contributed by atoms with Crippen molar-refractivity contribution >= 4 is 22.1 Å². The number of carbonyl (C=O) groups excluding carboxylic acids is 1. The maximum absolute atomic E-state index is 13.1. The van der Waals surface area contributed by atoms with E-state index in [1.807, 2.05) is 32.0 Å². The normalized spacial score (nSPS) is 11.7. The van der Waals surface area contributed by atoms with Gasteiger partial charge < -0.3 is 14.4 Å². The fourth-order valence-corrected chi connectivity index (χ4v) is 3.21. The van der Waals surface area contributed by atoms with Gasteiger partial charge in [-0.15, -0.1) is 0 Å². The molecule has 1 aromatic carbocycles. The Morgan fingerprint density at radius 1 is 1.21 bits per heavy atom. The number of anilines is 1. The fourth-order valence-electron chi connectivity index (χ4n) is 2.13. The first-order valence-corrected chi connectivity index (χ1v) is 8.45. The van der Waals surface area contributed by atoms with E-state index in [-0.39, 0.29) is 22.3 Å². The zero-order chi connectivity index (χ0) is 17.7. The molecule has 6 nitrogen and oxygen atoms in total. The largest absolute Gasteiger partial charge is 0.464 e. The van der Waals surface area contributed by atoms with Crippen LogP contribution in [0.2, 0.25) is 0 Å². The van der Waals surface area contributed by atoms with Crippen LogP contribution in [0.5, 0.6) is 10.4 Å². The van der Waals surface area contributed by atoms with E-state index < -0.39 is 22.8 Å². The highest BCUT2D eigenvalue weighted by Gasteiger charge is 2.37. The third-order valence-electron chi connectivity index (χ3n) is 3.08. The van der Waals surface area contributed by atoms with Gasteiger partial charge in [0, 0.05) is 11.7 Å². The number of para-hydroxylation sites is 1. The second-order valence-electron chi connectivity index (χ2n) is 5.02. The van der Waals surface area contributed by atoms with Crippen LogP contribution < -0.4 is 14.4 Å². The number of ether oxygens (including phenoxy) is 2. The highest BCUT2D eigenvalue weighted by molar-refractivity contribution is 7.34. The maximum atomic E-state index is 13.1. The van der Waals surface area contributed by atoms with Gasteiger partial charge in [-0.2, -0.15) is 8.78 Å². The smallest absolute Gasteiger partial charge is 0.440 e. The lowest BCUT2D eigenvalue weighted by Gasteiger charge is -2.26. The number of hydrogen-bond donors (Lipinski definition) is 0. The number of rotatable bonds is 7. The lowest BCUT2D eigenvalue weighted by atomic mass is 10.2. The van der Waals surface area contributed by atoms with Crippen molar-refractivity contribution in [3.63, 3.8) is 0 Å². The molecule has 2 aromatic rings. The first-order valence-electron chi connectivity index (χ1n) is 7.16. The van der Waals surface area contributed by atoms with Crippen molar-refractivity contribution in [3.8, 4) is 10.4 Å². The first-order chi connectivity index (χ1) is 11.5. The van der Waals surface area contributed by atoms with Crippen LogP contribution in [0.25, 0.3) is 0 Å². The summed E-state index contributed by atoms with van der Waals surface area (Å²) in [5.41, 5.74) is 0.705. The molecule has 2 rings (SSSR count). The van der Waals surface area contributed by atoms with E-state index in [2.05, 4.69) is 10.2 Å². The third kappa shape index (κ3) is 3.97. The molecular formula is C15H18F2N3O3S+. The monoisotopic (exact) mass is 358 g/mol. The summed E-state index contributed by atoms with van der Waals surface area (Å²) in [5, 5.41) is 6.59. The van der Waals surface area contributed by atoms with Crippen molar-refractivity contribution in [1.82, 2.24) is 10.2 Å². The topological polar surface area (TPSA) is 64.6 Å². The predicted octanol–water partition coefficient (Wildman–Crippen LogP) is 3.45. The molecule has 130 valence electrons. The van der Waals surface area contributed by atoms with E-state index >= 15 is 0 Å². The Kier molecular flexibility index (Phi) is 6.02. The van der Waals surface area contributed by atoms with Crippen molar-refractivity contribution in [2.75, 3.05) is 18.6 Å². The molecule has 0 aliphatic heterocycles. The molecule has 0 fully saturated rings. The van der Waals surface area contributed by atoms with Gasteiger partial charge in [-0.3, -0.25) is 4.79 Å². The summed E-state index contributed by atoms with van der Waals surface area (Å²) in [6, 6.07) is 8.93. The molecule has 1 amide bonds. The molecule has 24 heavy (non-hydrogen) atoms. The van der Waals surface area contributed by atoms with Crippen LogP contribution >= 0.6 is 10.5 Å². The standard InChI is InChI=1S/C15H18F2N3O3S/c1-10(2)20(11-7-5-4-6-8-11)12(21)9-23-15-19-18-14(22-3)24(15)13(16)17/h4-8,10,13H,9H2,1-3H3/q+1. The lowest BCUT2D eigenvalue weighted by Crippen LogP contribution is -2.40. The second-order valence-corrected chi connectivity index (χ2v) is 6.75. The van der Waals surface area contributed by atoms with E-state index in [0.717, 1.165) is 0 Å². The average Bonchev–Trinajstić information content (AvgIpc) is 2.97. The molecule has 0 radical (unpaired) electrons. The summed E-state index contributed by atoms with van der Waals surface area (Å²) in [5.74, 6) is -3.11. The Balaban J connectivity index is 2.13. The first kappa shape index (κ1) is 18.1. The zero-order valence-corrected chi connectivity index (χ0v) is 14.3. The maximum Gasteiger partial charge on any atom is 0.464 e. The van der Waals surface area contributed by atoms with Crippen LogP contribution in [0.15, 0.2) is 30.3 Å². The van der Waals surface area contributed by atoms with Crippen molar-refractivity contribution in [2.24, 2.45) is 0 Å². The summed E-state index contributed by atoms with van der Waals surface area (Å²) < 4.78 is 36.2. The minimum absolute atomic E-state index is 0.117. The number of carbonyl (C=O) groups is 1. The molecule has 1 aromatic heterocycles. The molecule has 1 unspecified atom stereocenters. The number of amides is 1. The Hall–Kier alpha value is -2.29. The molecule has 0 bridgehead atoms. The second kappa shape index (κ2) is 8.00. The molecule has 9 heteroatoms. The van der Waals surface area contributed by atoms with Crippen LogP contribution in [-0.2, 0) is 4.79 Å². The summed E-state index contributed by atoms with van der Waals surface area (Å²) in [6.07, 6.45) is 0. The SMILES string of the molecule is COc1nnc(OCC(=O)N(c2ccccc2)C(C)C)[s+]1C(F)F. The number of methoxy groups -OCH3 is 1. The van der Waals surface area contributed by atoms with Gasteiger partial charge in [0.15, 0.2) is 17.1 Å². The fraction of sp³-hybridized carbons (Fsp3) is 0.400. The van der Waals surface area contributed by atoms with Gasteiger partial charge in [-0.25, -0.2) is 0 Å². The van der Waals surface area contributed by atoms with Crippen molar-refractivity contribution in [3.05, 3.63) is 30.3 Å². The van der Waals surface area contributed by atoms with Crippen LogP contribution in [0.3, 0.4) is 0 Å². The summed E-state index contributed by atoms with van der Waals surface area (Å²) in [7, 11) is -0.551. The summed E-state index contributed by atoms with van der Waals surface area (Å²) in [6.45, 7) is 3.30. The van der Waals surface area contributed by atoms with Crippen molar-refractivity contribution < 1.29 is 23.0 Å². The van der Waals surface area contributed by atoms with E-state index in [0.29, 0.717) is 5.69 Å². The molecule has 0 aliphatic carbocycles. The van der Waals surface area contributed by atoms with Crippen LogP contribution in [0.1, 0.15) is 19.6 Å². The number of hydrogen-bond acceptors (Lipinski definition) is 5. The molecule has 0 saturated carbocycles. The quantitative estimate of drug-likeness (QED) is 0.710. The van der Waals surface area contributed by atoms with Crippen LogP contribution in [0, 0.1) is 0 Å². The van der Waals surface area contributed by atoms with Crippen molar-refractivity contribution in [1.29, 1.82) is 0 Å². The van der Waals surface area contributed by atoms with Gasteiger partial charge in [-0.1, -0.05) is 28.4 Å². The van der Waals surface area contributed by atoms with E-state index in [1.165, 1.54) is 12.0 Å². The summed E-state index contributed by atoms with van der Waals surface area (Å²) >= 11 is 0. The molecule has 0 N–H and O–H groups in total. The Morgan fingerprint density at radius 3 is 2.38 bits per heavy atom. The van der Waals surface area contributed by atoms with Crippen LogP contribution in [0.4, 0.5) is 14.5 Å². The summed E-state index contributed by atoms with van der Waals surface area (Å²) in [4.78, 5) is 14.0. The number of halogens is 2. The third-order valence-corrected chi connectivity index (χ3v) is 4.64. The van der Waals surface area contributed by atoms with Gasteiger partial charge in [0.05, 0.1) is 7.11 Å². The highest BCUT2D eigenvalue weighted by Crippen LogP contribution is 2.48.